The van der Waals surface area contributed by atoms with Gasteiger partial charge in [-0.25, -0.2) is 0 Å². The fourth-order valence-electron chi connectivity index (χ4n) is 6.88. The minimum atomic E-state index is 0.0586. The molecule has 5 N–H and O–H groups in total. The van der Waals surface area contributed by atoms with E-state index in [0.29, 0.717) is 5.56 Å². The van der Waals surface area contributed by atoms with E-state index in [9.17, 15) is 25.5 Å². The van der Waals surface area contributed by atoms with Crippen LogP contribution in [0, 0.1) is 0 Å². The summed E-state index contributed by atoms with van der Waals surface area (Å²) in [5.74, 6) is 1.58. The van der Waals surface area contributed by atoms with E-state index < -0.39 is 0 Å². The van der Waals surface area contributed by atoms with Crippen LogP contribution in [0.15, 0.2) is 24.3 Å². The number of hydrogen-bond acceptors (Lipinski definition) is 5. The van der Waals surface area contributed by atoms with Gasteiger partial charge in [0, 0.05) is 17.7 Å². The van der Waals surface area contributed by atoms with E-state index in [1.807, 2.05) is 24.3 Å². The zero-order valence-electron chi connectivity index (χ0n) is 25.9. The molecule has 0 aromatic heterocycles. The molecule has 0 heterocycles. The highest BCUT2D eigenvalue weighted by molar-refractivity contribution is 5.50. The van der Waals surface area contributed by atoms with E-state index in [1.165, 1.54) is 0 Å². The van der Waals surface area contributed by atoms with E-state index in [0.717, 1.165) is 119 Å². The van der Waals surface area contributed by atoms with Crippen LogP contribution in [0.3, 0.4) is 0 Å². The first-order valence-electron chi connectivity index (χ1n) is 16.5. The van der Waals surface area contributed by atoms with Crippen molar-refractivity contribution in [1.29, 1.82) is 0 Å². The molecule has 2 aromatic rings. The van der Waals surface area contributed by atoms with Crippen molar-refractivity contribution in [1.82, 2.24) is 0 Å². The van der Waals surface area contributed by atoms with Crippen LogP contribution in [-0.2, 0) is 0 Å². The predicted molar refractivity (Wildman–Crippen MR) is 168 cm³/mol. The van der Waals surface area contributed by atoms with Crippen molar-refractivity contribution < 1.29 is 25.5 Å². The summed E-state index contributed by atoms with van der Waals surface area (Å²) >= 11 is 0. The quantitative estimate of drug-likeness (QED) is 0.214. The molecule has 0 saturated heterocycles. The lowest BCUT2D eigenvalue weighted by Gasteiger charge is -2.23. The third-order valence-electron chi connectivity index (χ3n) is 9.52. The minimum Gasteiger partial charge on any atom is -0.508 e. The highest BCUT2D eigenvalue weighted by Crippen LogP contribution is 2.44. The van der Waals surface area contributed by atoms with Crippen LogP contribution in [0.4, 0.5) is 0 Å². The van der Waals surface area contributed by atoms with Gasteiger partial charge in [-0.2, -0.15) is 0 Å². The van der Waals surface area contributed by atoms with Gasteiger partial charge in [0.15, 0.2) is 0 Å². The van der Waals surface area contributed by atoms with Gasteiger partial charge in [-0.3, -0.25) is 0 Å². The number of rotatable bonds is 7. The molecule has 0 radical (unpaired) electrons. The monoisotopic (exact) mass is 568 g/mol. The summed E-state index contributed by atoms with van der Waals surface area (Å²) in [6.07, 6.45) is 15.5. The summed E-state index contributed by atoms with van der Waals surface area (Å²) in [6.45, 7) is 6.66. The number of phenols is 4. The minimum absolute atomic E-state index is 0.0586. The lowest BCUT2D eigenvalue weighted by Crippen LogP contribution is -2.04. The maximum atomic E-state index is 11.1. The van der Waals surface area contributed by atoms with Crippen molar-refractivity contribution >= 4 is 0 Å². The maximum absolute atomic E-state index is 11.1. The van der Waals surface area contributed by atoms with Gasteiger partial charge >= 0.3 is 0 Å². The summed E-state index contributed by atoms with van der Waals surface area (Å²) in [5, 5.41) is 53.6. The first-order chi connectivity index (χ1) is 19.8. The average molecular weight is 569 g/mol. The zero-order chi connectivity index (χ0) is 29.8. The van der Waals surface area contributed by atoms with Gasteiger partial charge in [0.1, 0.15) is 23.0 Å². The fourth-order valence-corrected chi connectivity index (χ4v) is 6.88. The van der Waals surface area contributed by atoms with Gasteiger partial charge in [0.05, 0.1) is 0 Å². The second kappa shape index (κ2) is 16.9. The molecule has 0 aliphatic heterocycles. The topological polar surface area (TPSA) is 101 Å². The molecule has 0 amide bonds. The Kier molecular flexibility index (Phi) is 13.6. The molecule has 230 valence electrons. The fraction of sp³-hybridized carbons (Fsp3) is 0.667. The number of phenolic OH excluding ortho intramolecular Hbond substituents is 4. The second-order valence-electron chi connectivity index (χ2n) is 12.8. The van der Waals surface area contributed by atoms with Crippen LogP contribution in [0.5, 0.6) is 23.0 Å². The molecular weight excluding hydrogens is 512 g/mol. The number of benzene rings is 2. The summed E-state index contributed by atoms with van der Waals surface area (Å²) < 4.78 is 0. The highest BCUT2D eigenvalue weighted by Gasteiger charge is 2.23. The molecule has 5 heteroatoms. The van der Waals surface area contributed by atoms with Crippen LogP contribution in [0.1, 0.15) is 169 Å². The number of unbranched alkanes of at least 4 members (excludes halogenated alkanes) is 2. The molecule has 0 fully saturated rings. The molecule has 0 unspecified atom stereocenters. The summed E-state index contributed by atoms with van der Waals surface area (Å²) in [7, 11) is 0. The zero-order valence-corrected chi connectivity index (χ0v) is 25.9. The largest absolute Gasteiger partial charge is 0.508 e. The smallest absolute Gasteiger partial charge is 0.123 e. The van der Waals surface area contributed by atoms with Crippen molar-refractivity contribution in [3.05, 3.63) is 46.5 Å². The summed E-state index contributed by atoms with van der Waals surface area (Å²) in [6, 6.07) is 7.50. The van der Waals surface area contributed by atoms with Crippen LogP contribution in [0.25, 0.3) is 0 Å². The normalized spacial score (nSPS) is 23.2. The molecule has 2 aromatic carbocycles. The number of aliphatic hydroxyl groups excluding tert-OH is 1. The summed E-state index contributed by atoms with van der Waals surface area (Å²) in [4.78, 5) is 0. The van der Waals surface area contributed by atoms with Crippen LogP contribution in [-0.4, -0.2) is 32.1 Å². The van der Waals surface area contributed by atoms with Gasteiger partial charge in [0.25, 0.3) is 0 Å². The van der Waals surface area contributed by atoms with Crippen LogP contribution >= 0.6 is 0 Å². The van der Waals surface area contributed by atoms with Crippen LogP contribution < -0.4 is 0 Å². The van der Waals surface area contributed by atoms with Gasteiger partial charge in [-0.15, -0.1) is 0 Å². The van der Waals surface area contributed by atoms with Gasteiger partial charge in [-0.1, -0.05) is 78.6 Å². The van der Waals surface area contributed by atoms with E-state index in [4.69, 9.17) is 0 Å². The number of hydrogen-bond donors (Lipinski definition) is 5. The third kappa shape index (κ3) is 9.56. The Bertz CT molecular complexity index is 1020. The lowest BCUT2D eigenvalue weighted by atomic mass is 9.83. The molecule has 41 heavy (non-hydrogen) atoms. The Morgan fingerprint density at radius 3 is 1.34 bits per heavy atom. The number of aliphatic hydroxyl groups is 1. The first kappa shape index (κ1) is 33.1. The second-order valence-corrected chi connectivity index (χ2v) is 12.8. The Morgan fingerprint density at radius 2 is 0.951 bits per heavy atom. The predicted octanol–water partition coefficient (Wildman–Crippen LogP) is 9.85. The van der Waals surface area contributed by atoms with Gasteiger partial charge in [-0.05, 0) is 104 Å². The van der Waals surface area contributed by atoms with E-state index in [-0.39, 0.29) is 53.3 Å². The molecule has 5 nitrogen and oxygen atoms in total. The molecule has 4 aliphatic rings. The van der Waals surface area contributed by atoms with Crippen molar-refractivity contribution in [2.24, 2.45) is 0 Å². The molecule has 4 atom stereocenters. The Labute approximate surface area is 248 Å². The Balaban J connectivity index is 1.84. The molecule has 4 aliphatic carbocycles. The first-order valence-corrected chi connectivity index (χ1v) is 16.5. The summed E-state index contributed by atoms with van der Waals surface area (Å²) in [5.41, 5.74) is 3.36. The molecular formula is C36H56O5. The van der Waals surface area contributed by atoms with E-state index >= 15 is 0 Å². The molecule has 4 bridgehead atoms. The maximum Gasteiger partial charge on any atom is 0.123 e. The molecule has 0 saturated carbocycles. The van der Waals surface area contributed by atoms with Crippen molar-refractivity contribution in [2.75, 3.05) is 6.61 Å². The van der Waals surface area contributed by atoms with E-state index in [2.05, 4.69) is 20.8 Å². The average Bonchev–Trinajstić information content (AvgIpc) is 2.93. The lowest BCUT2D eigenvalue weighted by molar-refractivity contribution is 0.280. The van der Waals surface area contributed by atoms with Crippen molar-refractivity contribution in [3.8, 4) is 23.0 Å². The SMILES string of the molecule is CCCC[C@H]1CCCCC[C@@H](C)c2cc(O)c(c(O)c2)[C@@H](CCCCO)CCCCC[C@H](C)c2cc(O)c1c(O)c2. The molecule has 0 spiro atoms. The van der Waals surface area contributed by atoms with Crippen molar-refractivity contribution in [2.45, 2.75) is 147 Å². The van der Waals surface area contributed by atoms with E-state index in [1.54, 1.807) is 0 Å². The van der Waals surface area contributed by atoms with Crippen molar-refractivity contribution in [3.63, 3.8) is 0 Å². The highest BCUT2D eigenvalue weighted by atomic mass is 16.3. The van der Waals surface area contributed by atoms with Crippen LogP contribution in [0.2, 0.25) is 0 Å². The molecule has 6 rings (SSSR count). The van der Waals surface area contributed by atoms with Gasteiger partial charge in [0.2, 0.25) is 0 Å². The third-order valence-corrected chi connectivity index (χ3v) is 9.52. The Morgan fingerprint density at radius 1 is 0.561 bits per heavy atom. The Hall–Kier alpha value is -2.40. The van der Waals surface area contributed by atoms with Gasteiger partial charge < -0.3 is 25.5 Å². The number of aromatic hydroxyl groups is 4. The standard InChI is InChI=1S/C36H56O5/c1-4-5-16-27-17-10-6-8-14-26(3)30-23-33(40)36(34(41)24-30)28(19-12-13-20-37)18-11-7-9-15-25(2)29-21-31(38)35(27)32(39)22-29/h21-28,37-41H,4-20H2,1-3H3/t25-,26+,27-,28+/m0/s1.